The summed E-state index contributed by atoms with van der Waals surface area (Å²) in [7, 11) is 1.87. The average Bonchev–Trinajstić information content (AvgIpc) is 3.01. The molecule has 0 saturated carbocycles. The van der Waals surface area contributed by atoms with E-state index in [4.69, 9.17) is 4.42 Å². The molecule has 130 valence electrons. The lowest BCUT2D eigenvalue weighted by Gasteiger charge is -2.16. The maximum Gasteiger partial charge on any atom is 0.275 e. The number of likely N-dealkylation sites (N-methyl/N-ethyl adjacent to an activating group) is 1. The zero-order valence-electron chi connectivity index (χ0n) is 14.4. The molecule has 0 radical (unpaired) electrons. The summed E-state index contributed by atoms with van der Waals surface area (Å²) in [6, 6.07) is 16.1. The fourth-order valence-corrected chi connectivity index (χ4v) is 2.88. The predicted molar refractivity (Wildman–Crippen MR) is 94.6 cm³/mol. The van der Waals surface area contributed by atoms with Crippen LogP contribution in [0.1, 0.15) is 24.3 Å². The molecule has 1 heterocycles. The van der Waals surface area contributed by atoms with Crippen molar-refractivity contribution in [1.29, 1.82) is 0 Å². The van der Waals surface area contributed by atoms with Crippen LogP contribution < -0.4 is 10.2 Å². The van der Waals surface area contributed by atoms with E-state index in [2.05, 4.69) is 5.32 Å². The Kier molecular flexibility index (Phi) is 5.14. The summed E-state index contributed by atoms with van der Waals surface area (Å²) in [5, 5.41) is 3.96. The standard InChI is InChI=1S/C20H21FN2O2/c1-14(19-11-15-7-4-6-10-18(15)25-19)22-20(24)13-23(2)12-16-8-3-5-9-17(16)21/h3-11,14H,12-13H2,1-2H3,(H,22,24)/p+1/t14-/m1/s1. The van der Waals surface area contributed by atoms with Gasteiger partial charge < -0.3 is 14.6 Å². The first-order chi connectivity index (χ1) is 12.0. The number of furan rings is 1. The van der Waals surface area contributed by atoms with Crippen molar-refractivity contribution in [1.82, 2.24) is 5.32 Å². The van der Waals surface area contributed by atoms with Gasteiger partial charge in [-0.05, 0) is 25.1 Å². The SMILES string of the molecule is C[C@@H](NC(=O)C[NH+](C)Cc1ccccc1F)c1cc2ccccc2o1. The van der Waals surface area contributed by atoms with Gasteiger partial charge in [0.25, 0.3) is 5.91 Å². The third kappa shape index (κ3) is 4.25. The largest absolute Gasteiger partial charge is 0.459 e. The van der Waals surface area contributed by atoms with Crippen LogP contribution in [0.5, 0.6) is 0 Å². The molecule has 1 amide bonds. The predicted octanol–water partition coefficient (Wildman–Crippen LogP) is 2.46. The van der Waals surface area contributed by atoms with E-state index >= 15 is 0 Å². The molecule has 0 fully saturated rings. The Labute approximate surface area is 146 Å². The number of amides is 1. The van der Waals surface area contributed by atoms with Gasteiger partial charge in [0.1, 0.15) is 23.7 Å². The van der Waals surface area contributed by atoms with Crippen LogP contribution in [-0.2, 0) is 11.3 Å². The van der Waals surface area contributed by atoms with Crippen molar-refractivity contribution < 1.29 is 18.5 Å². The van der Waals surface area contributed by atoms with Crippen LogP contribution in [0.4, 0.5) is 4.39 Å². The topological polar surface area (TPSA) is 46.7 Å². The average molecular weight is 341 g/mol. The molecule has 5 heteroatoms. The van der Waals surface area contributed by atoms with E-state index in [9.17, 15) is 9.18 Å². The number of rotatable bonds is 6. The Hall–Kier alpha value is -2.66. The Bertz CT molecular complexity index is 842. The summed E-state index contributed by atoms with van der Waals surface area (Å²) in [5.41, 5.74) is 1.42. The molecule has 0 aliphatic rings. The molecule has 0 aliphatic heterocycles. The minimum absolute atomic E-state index is 0.0956. The van der Waals surface area contributed by atoms with E-state index in [-0.39, 0.29) is 24.3 Å². The van der Waals surface area contributed by atoms with Gasteiger partial charge in [-0.2, -0.15) is 0 Å². The fraction of sp³-hybridized carbons (Fsp3) is 0.250. The van der Waals surface area contributed by atoms with Crippen molar-refractivity contribution in [3.8, 4) is 0 Å². The van der Waals surface area contributed by atoms with Crippen molar-refractivity contribution >= 4 is 16.9 Å². The number of halogens is 1. The van der Waals surface area contributed by atoms with Crippen LogP contribution in [0.2, 0.25) is 0 Å². The van der Waals surface area contributed by atoms with E-state index < -0.39 is 0 Å². The minimum Gasteiger partial charge on any atom is -0.459 e. The maximum absolute atomic E-state index is 13.7. The minimum atomic E-state index is -0.238. The van der Waals surface area contributed by atoms with Gasteiger partial charge >= 0.3 is 0 Å². The molecule has 3 rings (SSSR count). The Morgan fingerprint density at radius 2 is 1.92 bits per heavy atom. The molecule has 1 unspecified atom stereocenters. The third-order valence-corrected chi connectivity index (χ3v) is 4.16. The molecule has 0 aliphatic carbocycles. The van der Waals surface area contributed by atoms with E-state index in [0.29, 0.717) is 12.1 Å². The van der Waals surface area contributed by atoms with Crippen LogP contribution in [0.15, 0.2) is 59.0 Å². The molecule has 0 saturated heterocycles. The van der Waals surface area contributed by atoms with Gasteiger partial charge in [-0.1, -0.05) is 36.4 Å². The Morgan fingerprint density at radius 1 is 1.20 bits per heavy atom. The first kappa shape index (κ1) is 17.2. The highest BCUT2D eigenvalue weighted by Gasteiger charge is 2.17. The summed E-state index contributed by atoms with van der Waals surface area (Å²) in [5.74, 6) is 0.390. The molecule has 1 aromatic heterocycles. The number of para-hydroxylation sites is 1. The van der Waals surface area contributed by atoms with Crippen molar-refractivity contribution in [3.05, 3.63) is 71.7 Å². The zero-order chi connectivity index (χ0) is 17.8. The van der Waals surface area contributed by atoms with Crippen molar-refractivity contribution in [2.24, 2.45) is 0 Å². The number of quaternary nitrogens is 1. The molecule has 2 aromatic carbocycles. The number of carbonyl (C=O) groups is 1. The van der Waals surface area contributed by atoms with Gasteiger partial charge in [0.15, 0.2) is 6.54 Å². The van der Waals surface area contributed by atoms with Gasteiger partial charge in [0, 0.05) is 10.9 Å². The van der Waals surface area contributed by atoms with Crippen LogP contribution in [0.3, 0.4) is 0 Å². The highest BCUT2D eigenvalue weighted by Crippen LogP contribution is 2.23. The summed E-state index contributed by atoms with van der Waals surface area (Å²) < 4.78 is 19.5. The second kappa shape index (κ2) is 7.49. The number of hydrogen-bond donors (Lipinski definition) is 2. The molecule has 4 nitrogen and oxygen atoms in total. The Balaban J connectivity index is 1.57. The second-order valence-corrected chi connectivity index (χ2v) is 6.38. The molecule has 0 bridgehead atoms. The molecule has 25 heavy (non-hydrogen) atoms. The molecule has 3 aromatic rings. The van der Waals surface area contributed by atoms with Crippen molar-refractivity contribution in [2.75, 3.05) is 13.6 Å². The first-order valence-electron chi connectivity index (χ1n) is 8.35. The van der Waals surface area contributed by atoms with E-state index in [1.54, 1.807) is 18.2 Å². The fourth-order valence-electron chi connectivity index (χ4n) is 2.88. The molecular formula is C20H22FN2O2+. The normalized spacial score (nSPS) is 13.6. The highest BCUT2D eigenvalue weighted by atomic mass is 19.1. The van der Waals surface area contributed by atoms with Gasteiger partial charge in [0.05, 0.1) is 13.1 Å². The maximum atomic E-state index is 13.7. The van der Waals surface area contributed by atoms with E-state index in [1.165, 1.54) is 6.07 Å². The second-order valence-electron chi connectivity index (χ2n) is 6.38. The molecule has 0 spiro atoms. The quantitative estimate of drug-likeness (QED) is 0.723. The van der Waals surface area contributed by atoms with Gasteiger partial charge in [0.2, 0.25) is 0 Å². The van der Waals surface area contributed by atoms with Crippen molar-refractivity contribution in [3.63, 3.8) is 0 Å². The lowest BCUT2D eigenvalue weighted by Crippen LogP contribution is -3.09. The zero-order valence-corrected chi connectivity index (χ0v) is 14.4. The number of hydrogen-bond acceptors (Lipinski definition) is 2. The smallest absolute Gasteiger partial charge is 0.275 e. The third-order valence-electron chi connectivity index (χ3n) is 4.16. The molecule has 2 N–H and O–H groups in total. The summed E-state index contributed by atoms with van der Waals surface area (Å²) in [4.78, 5) is 13.2. The van der Waals surface area contributed by atoms with Crippen LogP contribution in [-0.4, -0.2) is 19.5 Å². The number of benzene rings is 2. The van der Waals surface area contributed by atoms with E-state index in [0.717, 1.165) is 21.6 Å². The monoisotopic (exact) mass is 341 g/mol. The van der Waals surface area contributed by atoms with E-state index in [1.807, 2.05) is 44.3 Å². The van der Waals surface area contributed by atoms with Crippen LogP contribution in [0, 0.1) is 5.82 Å². The number of nitrogens with one attached hydrogen (secondary N) is 2. The lowest BCUT2D eigenvalue weighted by atomic mass is 10.2. The summed E-state index contributed by atoms with van der Waals surface area (Å²) in [6.45, 7) is 2.61. The van der Waals surface area contributed by atoms with Gasteiger partial charge in [-0.15, -0.1) is 0 Å². The van der Waals surface area contributed by atoms with Crippen molar-refractivity contribution in [2.45, 2.75) is 19.5 Å². The summed E-state index contributed by atoms with van der Waals surface area (Å²) in [6.07, 6.45) is 0. The number of fused-ring (bicyclic) bond motifs is 1. The van der Waals surface area contributed by atoms with Gasteiger partial charge in [-0.25, -0.2) is 4.39 Å². The first-order valence-corrected chi connectivity index (χ1v) is 8.35. The molecule has 2 atom stereocenters. The lowest BCUT2D eigenvalue weighted by molar-refractivity contribution is -0.885. The highest BCUT2D eigenvalue weighted by molar-refractivity contribution is 5.79. The summed E-state index contributed by atoms with van der Waals surface area (Å²) >= 11 is 0. The number of carbonyl (C=O) groups excluding carboxylic acids is 1. The van der Waals surface area contributed by atoms with Crippen LogP contribution in [0.25, 0.3) is 11.0 Å². The van der Waals surface area contributed by atoms with Crippen LogP contribution >= 0.6 is 0 Å². The Morgan fingerprint density at radius 3 is 2.68 bits per heavy atom. The molecular weight excluding hydrogens is 319 g/mol. The van der Waals surface area contributed by atoms with Gasteiger partial charge in [-0.3, -0.25) is 4.79 Å².